The number of para-hydroxylation sites is 1. The van der Waals surface area contributed by atoms with Crippen LogP contribution < -0.4 is 15.4 Å². The second kappa shape index (κ2) is 9.74. The number of rotatable bonds is 6. The Morgan fingerprint density at radius 2 is 1.89 bits per heavy atom. The highest BCUT2D eigenvalue weighted by molar-refractivity contribution is 5.85. The molecule has 1 aliphatic heterocycles. The van der Waals surface area contributed by atoms with E-state index < -0.39 is 5.60 Å². The smallest absolute Gasteiger partial charge is 0.252 e. The van der Waals surface area contributed by atoms with Crippen molar-refractivity contribution in [2.45, 2.75) is 31.9 Å². The summed E-state index contributed by atoms with van der Waals surface area (Å²) in [6.07, 6.45) is 1.35. The number of hydrogen-bond acceptors (Lipinski definition) is 4. The van der Waals surface area contributed by atoms with Crippen molar-refractivity contribution < 1.29 is 14.3 Å². The van der Waals surface area contributed by atoms with Gasteiger partial charge in [-0.2, -0.15) is 0 Å². The lowest BCUT2D eigenvalue weighted by atomic mass is 9.91. The molecule has 27 heavy (non-hydrogen) atoms. The van der Waals surface area contributed by atoms with E-state index in [9.17, 15) is 4.79 Å². The van der Waals surface area contributed by atoms with Crippen molar-refractivity contribution in [3.63, 3.8) is 0 Å². The first-order chi connectivity index (χ1) is 12.6. The van der Waals surface area contributed by atoms with Crippen LogP contribution in [0.15, 0.2) is 48.5 Å². The predicted molar refractivity (Wildman–Crippen MR) is 109 cm³/mol. The van der Waals surface area contributed by atoms with E-state index in [1.54, 1.807) is 7.11 Å². The van der Waals surface area contributed by atoms with Crippen LogP contribution in [0.5, 0.6) is 11.5 Å². The van der Waals surface area contributed by atoms with E-state index in [4.69, 9.17) is 9.47 Å². The molecule has 2 aromatic carbocycles. The fraction of sp³-hybridized carbons (Fsp3) is 0.381. The molecule has 0 unspecified atom stereocenters. The van der Waals surface area contributed by atoms with Crippen LogP contribution in [0.3, 0.4) is 0 Å². The monoisotopic (exact) mass is 390 g/mol. The molecule has 1 fully saturated rings. The molecule has 0 saturated carbocycles. The first-order valence-electron chi connectivity index (χ1n) is 8.99. The number of amides is 1. The van der Waals surface area contributed by atoms with E-state index in [2.05, 4.69) is 10.6 Å². The summed E-state index contributed by atoms with van der Waals surface area (Å²) in [5.74, 6) is 1.47. The number of halogens is 1. The van der Waals surface area contributed by atoms with Crippen LogP contribution in [-0.2, 0) is 16.1 Å². The molecule has 2 N–H and O–H groups in total. The van der Waals surface area contributed by atoms with Gasteiger partial charge in [-0.25, -0.2) is 0 Å². The maximum Gasteiger partial charge on any atom is 0.252 e. The number of carbonyl (C=O) groups is 1. The number of ether oxygens (including phenoxy) is 2. The highest BCUT2D eigenvalue weighted by Crippen LogP contribution is 2.27. The standard InChI is InChI=1S/C21H26N2O3.ClH/c1-16-6-5-8-18(14-16)26-19-9-4-3-7-17(19)15-23-20(24)21(25-2)10-12-22-13-11-21;/h3-9,14,22H,10-13,15H2,1-2H3,(H,23,24);1H. The van der Waals surface area contributed by atoms with Gasteiger partial charge in [0.05, 0.1) is 0 Å². The molecule has 1 aliphatic rings. The molecule has 6 heteroatoms. The maximum atomic E-state index is 12.7. The van der Waals surface area contributed by atoms with E-state index in [0.717, 1.165) is 35.7 Å². The highest BCUT2D eigenvalue weighted by Gasteiger charge is 2.39. The number of carbonyl (C=O) groups excluding carboxylic acids is 1. The third-order valence-corrected chi connectivity index (χ3v) is 4.85. The van der Waals surface area contributed by atoms with Crippen LogP contribution in [-0.4, -0.2) is 31.7 Å². The normalized spacial score (nSPS) is 15.5. The Morgan fingerprint density at radius 1 is 1.15 bits per heavy atom. The quantitative estimate of drug-likeness (QED) is 0.791. The van der Waals surface area contributed by atoms with Gasteiger partial charge in [0.15, 0.2) is 0 Å². The molecule has 0 spiro atoms. The number of nitrogens with one attached hydrogen (secondary N) is 2. The van der Waals surface area contributed by atoms with Crippen LogP contribution in [0.1, 0.15) is 24.0 Å². The van der Waals surface area contributed by atoms with Gasteiger partial charge in [-0.1, -0.05) is 30.3 Å². The molecule has 146 valence electrons. The molecule has 0 atom stereocenters. The average molecular weight is 391 g/mol. The van der Waals surface area contributed by atoms with E-state index >= 15 is 0 Å². The summed E-state index contributed by atoms with van der Waals surface area (Å²) in [4.78, 5) is 12.7. The van der Waals surface area contributed by atoms with Crippen LogP contribution in [0.25, 0.3) is 0 Å². The second-order valence-corrected chi connectivity index (χ2v) is 6.66. The van der Waals surface area contributed by atoms with Gasteiger partial charge in [0.2, 0.25) is 0 Å². The number of methoxy groups -OCH3 is 1. The van der Waals surface area contributed by atoms with Crippen LogP contribution >= 0.6 is 12.4 Å². The van der Waals surface area contributed by atoms with Gasteiger partial charge < -0.3 is 20.1 Å². The van der Waals surface area contributed by atoms with Crippen molar-refractivity contribution in [3.05, 3.63) is 59.7 Å². The first-order valence-corrected chi connectivity index (χ1v) is 8.99. The number of hydrogen-bond donors (Lipinski definition) is 2. The summed E-state index contributed by atoms with van der Waals surface area (Å²) < 4.78 is 11.6. The van der Waals surface area contributed by atoms with Gasteiger partial charge in [-0.15, -0.1) is 12.4 Å². The largest absolute Gasteiger partial charge is 0.457 e. The molecule has 1 amide bonds. The van der Waals surface area contributed by atoms with Crippen LogP contribution in [0, 0.1) is 6.92 Å². The zero-order valence-corrected chi connectivity index (χ0v) is 16.6. The summed E-state index contributed by atoms with van der Waals surface area (Å²) in [5.41, 5.74) is 1.33. The van der Waals surface area contributed by atoms with Crippen LogP contribution in [0.4, 0.5) is 0 Å². The Labute approximate surface area is 166 Å². The molecule has 1 heterocycles. The number of aryl methyl sites for hydroxylation is 1. The Kier molecular flexibility index (Phi) is 7.66. The molecule has 1 saturated heterocycles. The Hall–Kier alpha value is -2.08. The summed E-state index contributed by atoms with van der Waals surface area (Å²) in [6.45, 7) is 4.00. The summed E-state index contributed by atoms with van der Waals surface area (Å²) in [7, 11) is 1.61. The SMILES string of the molecule is COC1(C(=O)NCc2ccccc2Oc2cccc(C)c2)CCNCC1.Cl. The molecular formula is C21H27ClN2O3. The van der Waals surface area contributed by atoms with Crippen LogP contribution in [0.2, 0.25) is 0 Å². The molecular weight excluding hydrogens is 364 g/mol. The molecule has 2 aromatic rings. The topological polar surface area (TPSA) is 59.6 Å². The van der Waals surface area contributed by atoms with Gasteiger partial charge in [-0.3, -0.25) is 4.79 Å². The van der Waals surface area contributed by atoms with Gasteiger partial charge in [0.1, 0.15) is 17.1 Å². The molecule has 0 bridgehead atoms. The minimum Gasteiger partial charge on any atom is -0.457 e. The van der Waals surface area contributed by atoms with E-state index in [-0.39, 0.29) is 18.3 Å². The molecule has 0 radical (unpaired) electrons. The van der Waals surface area contributed by atoms with Crippen molar-refractivity contribution in [1.82, 2.24) is 10.6 Å². The minimum atomic E-state index is -0.738. The first kappa shape index (κ1) is 21.2. The maximum absolute atomic E-state index is 12.7. The van der Waals surface area contributed by atoms with Gasteiger partial charge in [0, 0.05) is 19.2 Å². The molecule has 0 aliphatic carbocycles. The van der Waals surface area contributed by atoms with Crippen molar-refractivity contribution in [1.29, 1.82) is 0 Å². The van der Waals surface area contributed by atoms with Gasteiger partial charge in [0.25, 0.3) is 5.91 Å². The number of benzene rings is 2. The lowest BCUT2D eigenvalue weighted by molar-refractivity contribution is -0.146. The third kappa shape index (κ3) is 5.22. The average Bonchev–Trinajstić information content (AvgIpc) is 2.67. The Morgan fingerprint density at radius 3 is 2.59 bits per heavy atom. The van der Waals surface area contributed by atoms with E-state index in [1.165, 1.54) is 0 Å². The van der Waals surface area contributed by atoms with Crippen molar-refractivity contribution >= 4 is 18.3 Å². The fourth-order valence-electron chi connectivity index (χ4n) is 3.25. The van der Waals surface area contributed by atoms with Gasteiger partial charge in [-0.05, 0) is 56.6 Å². The zero-order valence-electron chi connectivity index (χ0n) is 15.8. The molecule has 0 aromatic heterocycles. The lowest BCUT2D eigenvalue weighted by Gasteiger charge is -2.34. The van der Waals surface area contributed by atoms with E-state index in [0.29, 0.717) is 19.4 Å². The Balaban J connectivity index is 0.00000261. The third-order valence-electron chi connectivity index (χ3n) is 4.85. The highest BCUT2D eigenvalue weighted by atomic mass is 35.5. The van der Waals surface area contributed by atoms with Crippen molar-refractivity contribution in [2.75, 3.05) is 20.2 Å². The van der Waals surface area contributed by atoms with Crippen molar-refractivity contribution in [3.8, 4) is 11.5 Å². The van der Waals surface area contributed by atoms with Gasteiger partial charge >= 0.3 is 0 Å². The fourth-order valence-corrected chi connectivity index (χ4v) is 3.25. The summed E-state index contributed by atoms with van der Waals surface area (Å²) >= 11 is 0. The molecule has 5 nitrogen and oxygen atoms in total. The summed E-state index contributed by atoms with van der Waals surface area (Å²) in [5, 5.41) is 6.29. The Bertz CT molecular complexity index is 761. The summed E-state index contributed by atoms with van der Waals surface area (Å²) in [6, 6.07) is 15.7. The lowest BCUT2D eigenvalue weighted by Crippen LogP contribution is -2.53. The van der Waals surface area contributed by atoms with E-state index in [1.807, 2.05) is 55.5 Å². The minimum absolute atomic E-state index is 0. The molecule has 3 rings (SSSR count). The predicted octanol–water partition coefficient (Wildman–Crippen LogP) is 3.59. The van der Waals surface area contributed by atoms with Crippen molar-refractivity contribution in [2.24, 2.45) is 0 Å². The zero-order chi connectivity index (χ0) is 18.4. The number of piperidine rings is 1. The second-order valence-electron chi connectivity index (χ2n) is 6.66.